The fourth-order valence-corrected chi connectivity index (χ4v) is 0.622. The van der Waals surface area contributed by atoms with Crippen LogP contribution in [0.2, 0.25) is 0 Å². The molecule has 0 fully saturated rings. The molecule has 2 nitrogen and oxygen atoms in total. The summed E-state index contributed by atoms with van der Waals surface area (Å²) in [6.07, 6.45) is 4.95. The van der Waals surface area contributed by atoms with E-state index >= 15 is 0 Å². The fourth-order valence-electron chi connectivity index (χ4n) is 0.622. The number of aliphatic hydroxyl groups is 2. The summed E-state index contributed by atoms with van der Waals surface area (Å²) in [6.45, 7) is 3.59. The van der Waals surface area contributed by atoms with Gasteiger partial charge in [0.1, 0.15) is 12.2 Å². The molecule has 10 heavy (non-hydrogen) atoms. The van der Waals surface area contributed by atoms with Gasteiger partial charge in [0, 0.05) is 0 Å². The summed E-state index contributed by atoms with van der Waals surface area (Å²) in [6, 6.07) is 0. The summed E-state index contributed by atoms with van der Waals surface area (Å²) in [4.78, 5) is 0. The second-order valence-electron chi connectivity index (χ2n) is 2.03. The van der Waals surface area contributed by atoms with Crippen LogP contribution in [0.15, 0.2) is 24.3 Å². The third-order valence-corrected chi connectivity index (χ3v) is 1.13. The Kier molecular flexibility index (Phi) is 4.89. The molecule has 0 saturated heterocycles. The normalized spacial score (nSPS) is 18.4. The summed E-state index contributed by atoms with van der Waals surface area (Å²) >= 11 is 0. The van der Waals surface area contributed by atoms with E-state index < -0.39 is 12.2 Å². The van der Waals surface area contributed by atoms with Gasteiger partial charge in [0.05, 0.1) is 0 Å². The van der Waals surface area contributed by atoms with E-state index in [4.69, 9.17) is 10.2 Å². The van der Waals surface area contributed by atoms with Crippen LogP contribution in [0.3, 0.4) is 0 Å². The van der Waals surface area contributed by atoms with Crippen molar-refractivity contribution in [3.8, 4) is 0 Å². The topological polar surface area (TPSA) is 40.5 Å². The zero-order chi connectivity index (χ0) is 7.98. The Labute approximate surface area is 61.5 Å². The first kappa shape index (κ1) is 9.40. The van der Waals surface area contributed by atoms with Gasteiger partial charge in [0.25, 0.3) is 0 Å². The molecule has 0 heterocycles. The quantitative estimate of drug-likeness (QED) is 0.574. The van der Waals surface area contributed by atoms with Crippen LogP contribution in [0.1, 0.15) is 13.8 Å². The van der Waals surface area contributed by atoms with E-state index in [9.17, 15) is 0 Å². The Hall–Kier alpha value is -0.600. The van der Waals surface area contributed by atoms with Crippen LogP contribution in [0, 0.1) is 0 Å². The average Bonchev–Trinajstić information content (AvgIpc) is 1.89. The predicted octanol–water partition coefficient (Wildman–Crippen LogP) is 0.860. The highest BCUT2D eigenvalue weighted by Gasteiger charge is 2.06. The number of hydrogen-bond acceptors (Lipinski definition) is 2. The van der Waals surface area contributed by atoms with Gasteiger partial charge in [-0.2, -0.15) is 0 Å². The first-order chi connectivity index (χ1) is 4.72. The molecular weight excluding hydrogens is 128 g/mol. The third kappa shape index (κ3) is 3.43. The molecule has 2 unspecified atom stereocenters. The van der Waals surface area contributed by atoms with Gasteiger partial charge in [0.2, 0.25) is 0 Å². The van der Waals surface area contributed by atoms with E-state index in [0.717, 1.165) is 0 Å². The Bertz CT molecular complexity index is 111. The van der Waals surface area contributed by atoms with Crippen LogP contribution in [-0.2, 0) is 0 Å². The minimum absolute atomic E-state index is 0.777. The van der Waals surface area contributed by atoms with Gasteiger partial charge in [-0.15, -0.1) is 0 Å². The molecule has 0 aliphatic heterocycles. The molecule has 0 bridgehead atoms. The Morgan fingerprint density at radius 3 is 1.40 bits per heavy atom. The molecule has 0 aromatic carbocycles. The van der Waals surface area contributed by atoms with Crippen molar-refractivity contribution in [1.29, 1.82) is 0 Å². The van der Waals surface area contributed by atoms with E-state index in [1.807, 2.05) is 0 Å². The number of allylic oxidation sites excluding steroid dienone is 2. The lowest BCUT2D eigenvalue weighted by atomic mass is 10.2. The molecule has 0 spiro atoms. The highest BCUT2D eigenvalue weighted by atomic mass is 16.3. The maximum absolute atomic E-state index is 9.06. The largest absolute Gasteiger partial charge is 0.386 e. The van der Waals surface area contributed by atoms with Crippen LogP contribution in [0.4, 0.5) is 0 Å². The summed E-state index contributed by atoms with van der Waals surface area (Å²) < 4.78 is 0. The number of hydrogen-bond donors (Lipinski definition) is 2. The molecule has 0 aliphatic rings. The Morgan fingerprint density at radius 2 is 1.20 bits per heavy atom. The molecule has 0 saturated carbocycles. The van der Waals surface area contributed by atoms with Gasteiger partial charge in [-0.05, 0) is 13.8 Å². The van der Waals surface area contributed by atoms with E-state index in [1.165, 1.54) is 0 Å². The standard InChI is InChI=1S/C8H14O2/c1-3-5-7(9)8(10)6-4-2/h3-10H,1-2H3/b5-3+,6-4+. The first-order valence-corrected chi connectivity index (χ1v) is 3.34. The zero-order valence-electron chi connectivity index (χ0n) is 6.36. The van der Waals surface area contributed by atoms with Crippen LogP contribution in [-0.4, -0.2) is 22.4 Å². The second kappa shape index (κ2) is 5.21. The van der Waals surface area contributed by atoms with Crippen molar-refractivity contribution in [2.75, 3.05) is 0 Å². The van der Waals surface area contributed by atoms with Crippen molar-refractivity contribution in [2.24, 2.45) is 0 Å². The molecular formula is C8H14O2. The Morgan fingerprint density at radius 1 is 0.900 bits per heavy atom. The summed E-state index contributed by atoms with van der Waals surface area (Å²) in [5.74, 6) is 0. The molecule has 0 radical (unpaired) electrons. The minimum Gasteiger partial charge on any atom is -0.386 e. The minimum atomic E-state index is -0.777. The zero-order valence-corrected chi connectivity index (χ0v) is 6.36. The molecule has 0 rings (SSSR count). The van der Waals surface area contributed by atoms with Gasteiger partial charge in [0.15, 0.2) is 0 Å². The maximum atomic E-state index is 9.06. The highest BCUT2D eigenvalue weighted by molar-refractivity contribution is 4.98. The average molecular weight is 142 g/mol. The first-order valence-electron chi connectivity index (χ1n) is 3.34. The van der Waals surface area contributed by atoms with Gasteiger partial charge in [-0.3, -0.25) is 0 Å². The molecule has 0 aliphatic carbocycles. The van der Waals surface area contributed by atoms with Crippen molar-refractivity contribution < 1.29 is 10.2 Å². The lowest BCUT2D eigenvalue weighted by molar-refractivity contribution is 0.0807. The van der Waals surface area contributed by atoms with Crippen molar-refractivity contribution in [3.05, 3.63) is 24.3 Å². The van der Waals surface area contributed by atoms with E-state index in [-0.39, 0.29) is 0 Å². The molecule has 2 atom stereocenters. The second-order valence-corrected chi connectivity index (χ2v) is 2.03. The van der Waals surface area contributed by atoms with E-state index in [1.54, 1.807) is 38.2 Å². The summed E-state index contributed by atoms with van der Waals surface area (Å²) in [5, 5.41) is 18.1. The summed E-state index contributed by atoms with van der Waals surface area (Å²) in [7, 11) is 0. The van der Waals surface area contributed by atoms with Crippen molar-refractivity contribution in [3.63, 3.8) is 0 Å². The van der Waals surface area contributed by atoms with Crippen LogP contribution < -0.4 is 0 Å². The van der Waals surface area contributed by atoms with Crippen molar-refractivity contribution in [2.45, 2.75) is 26.1 Å². The SMILES string of the molecule is C/C=C/C(O)C(O)/C=C/C. The number of rotatable bonds is 3. The maximum Gasteiger partial charge on any atom is 0.102 e. The molecule has 2 N–H and O–H groups in total. The van der Waals surface area contributed by atoms with Crippen molar-refractivity contribution in [1.82, 2.24) is 0 Å². The molecule has 0 aromatic rings. The molecule has 58 valence electrons. The van der Waals surface area contributed by atoms with E-state index in [2.05, 4.69) is 0 Å². The monoisotopic (exact) mass is 142 g/mol. The highest BCUT2D eigenvalue weighted by Crippen LogP contribution is 1.96. The van der Waals surface area contributed by atoms with Crippen LogP contribution in [0.5, 0.6) is 0 Å². The third-order valence-electron chi connectivity index (χ3n) is 1.13. The van der Waals surface area contributed by atoms with Gasteiger partial charge >= 0.3 is 0 Å². The fraction of sp³-hybridized carbons (Fsp3) is 0.500. The molecule has 2 heteroatoms. The van der Waals surface area contributed by atoms with Gasteiger partial charge in [-0.25, -0.2) is 0 Å². The van der Waals surface area contributed by atoms with Crippen LogP contribution >= 0.6 is 0 Å². The lowest BCUT2D eigenvalue weighted by Crippen LogP contribution is -2.20. The number of aliphatic hydroxyl groups excluding tert-OH is 2. The summed E-state index contributed by atoms with van der Waals surface area (Å²) in [5.41, 5.74) is 0. The molecule has 0 aromatic heterocycles. The predicted molar refractivity (Wildman–Crippen MR) is 41.6 cm³/mol. The molecule has 0 amide bonds. The lowest BCUT2D eigenvalue weighted by Gasteiger charge is -2.08. The Balaban J connectivity index is 3.81. The van der Waals surface area contributed by atoms with Gasteiger partial charge in [-0.1, -0.05) is 24.3 Å². The van der Waals surface area contributed by atoms with Crippen molar-refractivity contribution >= 4 is 0 Å². The van der Waals surface area contributed by atoms with Crippen LogP contribution in [0.25, 0.3) is 0 Å². The smallest absolute Gasteiger partial charge is 0.102 e. The van der Waals surface area contributed by atoms with Gasteiger partial charge < -0.3 is 10.2 Å². The van der Waals surface area contributed by atoms with E-state index in [0.29, 0.717) is 0 Å².